The van der Waals surface area contributed by atoms with Crippen molar-refractivity contribution in [2.45, 2.75) is 18.7 Å². The molecule has 0 unspecified atom stereocenters. The SMILES string of the molecule is Cc1ccc(C)c(S(=O)(=O)NCCNC(=O)c2ccccc2C(=O)c2ccccc2)c1. The van der Waals surface area contributed by atoms with Gasteiger partial charge >= 0.3 is 0 Å². The summed E-state index contributed by atoms with van der Waals surface area (Å²) >= 11 is 0. The molecular weight excluding hydrogens is 412 g/mol. The van der Waals surface area contributed by atoms with Crippen LogP contribution in [0.4, 0.5) is 0 Å². The van der Waals surface area contributed by atoms with Crippen molar-refractivity contribution in [2.75, 3.05) is 13.1 Å². The number of aryl methyl sites for hydroxylation is 2. The van der Waals surface area contributed by atoms with E-state index >= 15 is 0 Å². The quantitative estimate of drug-likeness (QED) is 0.419. The molecule has 0 heterocycles. The number of hydrogen-bond donors (Lipinski definition) is 2. The number of nitrogens with one attached hydrogen (secondary N) is 2. The molecule has 0 aliphatic carbocycles. The molecule has 3 aromatic carbocycles. The number of amides is 1. The number of carbonyl (C=O) groups is 2. The molecule has 0 aliphatic rings. The fourth-order valence-electron chi connectivity index (χ4n) is 3.16. The van der Waals surface area contributed by atoms with Crippen LogP contribution in [0.1, 0.15) is 37.4 Å². The van der Waals surface area contributed by atoms with Crippen molar-refractivity contribution in [3.8, 4) is 0 Å². The first-order chi connectivity index (χ1) is 14.8. The summed E-state index contributed by atoms with van der Waals surface area (Å²) in [5.74, 6) is -0.687. The predicted molar refractivity (Wildman–Crippen MR) is 120 cm³/mol. The number of rotatable bonds is 8. The maximum atomic E-state index is 12.8. The Hall–Kier alpha value is -3.29. The average Bonchev–Trinajstić information content (AvgIpc) is 2.78. The topological polar surface area (TPSA) is 92.3 Å². The minimum absolute atomic E-state index is 0.0241. The molecule has 0 aliphatic heterocycles. The molecule has 3 rings (SSSR count). The van der Waals surface area contributed by atoms with Gasteiger partial charge in [0, 0.05) is 24.2 Å². The molecule has 0 atom stereocenters. The van der Waals surface area contributed by atoms with E-state index in [4.69, 9.17) is 0 Å². The molecule has 31 heavy (non-hydrogen) atoms. The molecule has 0 spiro atoms. The lowest BCUT2D eigenvalue weighted by atomic mass is 9.98. The van der Waals surface area contributed by atoms with Crippen LogP contribution < -0.4 is 10.0 Å². The fourth-order valence-corrected chi connectivity index (χ4v) is 4.51. The first-order valence-electron chi connectivity index (χ1n) is 9.83. The number of carbonyl (C=O) groups excluding carboxylic acids is 2. The summed E-state index contributed by atoms with van der Waals surface area (Å²) in [5, 5.41) is 2.68. The van der Waals surface area contributed by atoms with Crippen molar-refractivity contribution >= 4 is 21.7 Å². The third-order valence-corrected chi connectivity index (χ3v) is 6.39. The van der Waals surface area contributed by atoms with Crippen molar-refractivity contribution in [1.82, 2.24) is 10.0 Å². The van der Waals surface area contributed by atoms with Gasteiger partial charge < -0.3 is 5.32 Å². The zero-order valence-electron chi connectivity index (χ0n) is 17.4. The maximum Gasteiger partial charge on any atom is 0.252 e. The standard InChI is InChI=1S/C24H24N2O4S/c1-17-12-13-18(2)22(16-17)31(29,30)26-15-14-25-24(28)21-11-7-6-10-20(21)23(27)19-8-4-3-5-9-19/h3-13,16,26H,14-15H2,1-2H3,(H,25,28). The third-order valence-electron chi connectivity index (χ3n) is 4.79. The van der Waals surface area contributed by atoms with E-state index in [2.05, 4.69) is 10.0 Å². The van der Waals surface area contributed by atoms with Gasteiger partial charge in [0.2, 0.25) is 10.0 Å². The molecule has 0 fully saturated rings. The highest BCUT2D eigenvalue weighted by atomic mass is 32.2. The highest BCUT2D eigenvalue weighted by molar-refractivity contribution is 7.89. The fraction of sp³-hybridized carbons (Fsp3) is 0.167. The minimum atomic E-state index is -3.69. The highest BCUT2D eigenvalue weighted by Gasteiger charge is 2.19. The molecule has 2 N–H and O–H groups in total. The number of ketones is 1. The van der Waals surface area contributed by atoms with Crippen molar-refractivity contribution in [3.05, 3.63) is 101 Å². The van der Waals surface area contributed by atoms with E-state index in [-0.39, 0.29) is 29.3 Å². The summed E-state index contributed by atoms with van der Waals surface area (Å²) in [5.41, 5.74) is 2.52. The Morgan fingerprint density at radius 3 is 2.16 bits per heavy atom. The number of benzene rings is 3. The monoisotopic (exact) mass is 436 g/mol. The summed E-state index contributed by atoms with van der Waals surface area (Å²) in [6.07, 6.45) is 0. The van der Waals surface area contributed by atoms with Crippen molar-refractivity contribution in [3.63, 3.8) is 0 Å². The van der Waals surface area contributed by atoms with Gasteiger partial charge in [0.05, 0.1) is 10.5 Å². The molecule has 0 aromatic heterocycles. The molecule has 3 aromatic rings. The van der Waals surface area contributed by atoms with Gasteiger partial charge in [-0.3, -0.25) is 9.59 Å². The second-order valence-corrected chi connectivity index (χ2v) is 8.90. The van der Waals surface area contributed by atoms with Gasteiger partial charge in [0.1, 0.15) is 0 Å². The minimum Gasteiger partial charge on any atom is -0.351 e. The van der Waals surface area contributed by atoms with Gasteiger partial charge in [-0.05, 0) is 37.1 Å². The molecule has 0 saturated heterocycles. The molecule has 6 nitrogen and oxygen atoms in total. The third kappa shape index (κ3) is 5.45. The summed E-state index contributed by atoms with van der Waals surface area (Å²) in [6, 6.07) is 20.5. The predicted octanol–water partition coefficient (Wildman–Crippen LogP) is 3.24. The largest absolute Gasteiger partial charge is 0.351 e. The molecular formula is C24H24N2O4S. The van der Waals surface area contributed by atoms with Gasteiger partial charge in [-0.15, -0.1) is 0 Å². The Labute approximate surface area is 182 Å². The zero-order valence-corrected chi connectivity index (χ0v) is 18.2. The molecule has 0 radical (unpaired) electrons. The van der Waals surface area contributed by atoms with Crippen LogP contribution in [0.2, 0.25) is 0 Å². The van der Waals surface area contributed by atoms with Crippen molar-refractivity contribution in [2.24, 2.45) is 0 Å². The first-order valence-corrected chi connectivity index (χ1v) is 11.3. The van der Waals surface area contributed by atoms with E-state index in [1.165, 1.54) is 0 Å². The molecule has 0 bridgehead atoms. The van der Waals surface area contributed by atoms with Gasteiger partial charge in [-0.25, -0.2) is 13.1 Å². The Morgan fingerprint density at radius 1 is 0.806 bits per heavy atom. The van der Waals surface area contributed by atoms with E-state index in [0.717, 1.165) is 5.56 Å². The second kappa shape index (κ2) is 9.68. The van der Waals surface area contributed by atoms with Gasteiger partial charge in [0.15, 0.2) is 5.78 Å². The Kier molecular flexibility index (Phi) is 6.99. The molecule has 1 amide bonds. The molecule has 7 heteroatoms. The summed E-state index contributed by atoms with van der Waals surface area (Å²) < 4.78 is 27.6. The number of hydrogen-bond acceptors (Lipinski definition) is 4. The van der Waals surface area contributed by atoms with Crippen LogP contribution in [0, 0.1) is 13.8 Å². The van der Waals surface area contributed by atoms with Gasteiger partial charge in [0.25, 0.3) is 5.91 Å². The van der Waals surface area contributed by atoms with Crippen LogP contribution >= 0.6 is 0 Å². The Bertz CT molecular complexity index is 1210. The van der Waals surface area contributed by atoms with Gasteiger partial charge in [-0.1, -0.05) is 60.7 Å². The Balaban J connectivity index is 1.64. The van der Waals surface area contributed by atoms with Gasteiger partial charge in [-0.2, -0.15) is 0 Å². The summed E-state index contributed by atoms with van der Waals surface area (Å²) in [6.45, 7) is 3.66. The van der Waals surface area contributed by atoms with Crippen molar-refractivity contribution in [1.29, 1.82) is 0 Å². The second-order valence-electron chi connectivity index (χ2n) is 7.16. The summed E-state index contributed by atoms with van der Waals surface area (Å²) in [7, 11) is -3.69. The van der Waals surface area contributed by atoms with Crippen LogP contribution in [0.15, 0.2) is 77.7 Å². The van der Waals surface area contributed by atoms with Crippen LogP contribution in [0.5, 0.6) is 0 Å². The van der Waals surface area contributed by atoms with Crippen molar-refractivity contribution < 1.29 is 18.0 Å². The smallest absolute Gasteiger partial charge is 0.252 e. The van der Waals surface area contributed by atoms with Crippen LogP contribution in [-0.4, -0.2) is 33.2 Å². The van der Waals surface area contributed by atoms with Crippen LogP contribution in [0.25, 0.3) is 0 Å². The zero-order chi connectivity index (χ0) is 22.4. The molecule has 0 saturated carbocycles. The lowest BCUT2D eigenvalue weighted by Gasteiger charge is -2.12. The maximum absolute atomic E-state index is 12.8. The van der Waals surface area contributed by atoms with E-state index in [1.807, 2.05) is 19.1 Å². The van der Waals surface area contributed by atoms with E-state index in [0.29, 0.717) is 16.7 Å². The van der Waals surface area contributed by atoms with Crippen LogP contribution in [0.3, 0.4) is 0 Å². The lowest BCUT2D eigenvalue weighted by molar-refractivity contribution is 0.0943. The van der Waals surface area contributed by atoms with E-state index in [9.17, 15) is 18.0 Å². The first kappa shape index (κ1) is 22.4. The normalized spacial score (nSPS) is 11.2. The molecule has 160 valence electrons. The lowest BCUT2D eigenvalue weighted by Crippen LogP contribution is -2.35. The average molecular weight is 437 g/mol. The van der Waals surface area contributed by atoms with E-state index < -0.39 is 15.9 Å². The Morgan fingerprint density at radius 2 is 1.45 bits per heavy atom. The summed E-state index contributed by atoms with van der Waals surface area (Å²) in [4.78, 5) is 25.7. The number of sulfonamides is 1. The van der Waals surface area contributed by atoms with E-state index in [1.54, 1.807) is 67.6 Å². The van der Waals surface area contributed by atoms with Crippen LogP contribution in [-0.2, 0) is 10.0 Å². The highest BCUT2D eigenvalue weighted by Crippen LogP contribution is 2.17.